The van der Waals surface area contributed by atoms with Crippen molar-refractivity contribution in [1.29, 1.82) is 0 Å². The molecule has 27 heavy (non-hydrogen) atoms. The number of ketones is 1. The fraction of sp³-hybridized carbons (Fsp3) is 0.130. The van der Waals surface area contributed by atoms with Crippen molar-refractivity contribution >= 4 is 17.4 Å². The number of nitrogens with one attached hydrogen (secondary N) is 1. The fourth-order valence-corrected chi connectivity index (χ4v) is 2.67. The van der Waals surface area contributed by atoms with Gasteiger partial charge in [-0.3, -0.25) is 9.59 Å². The van der Waals surface area contributed by atoms with E-state index >= 15 is 0 Å². The van der Waals surface area contributed by atoms with Gasteiger partial charge in [-0.25, -0.2) is 0 Å². The van der Waals surface area contributed by atoms with E-state index in [1.54, 1.807) is 24.3 Å². The van der Waals surface area contributed by atoms with Gasteiger partial charge in [-0.1, -0.05) is 60.2 Å². The molecule has 0 aliphatic rings. The number of carbonyl (C=O) groups excluding carboxylic acids is 2. The zero-order chi connectivity index (χ0) is 19.2. The molecule has 0 unspecified atom stereocenters. The number of amides is 1. The van der Waals surface area contributed by atoms with Gasteiger partial charge in [0, 0.05) is 16.8 Å². The first-order valence-corrected chi connectivity index (χ1v) is 8.73. The Morgan fingerprint density at radius 1 is 0.889 bits per heavy atom. The molecule has 4 heteroatoms. The number of ether oxygens (including phenoxy) is 1. The van der Waals surface area contributed by atoms with E-state index in [0.717, 1.165) is 11.1 Å². The highest BCUT2D eigenvalue weighted by molar-refractivity contribution is 5.96. The molecule has 136 valence electrons. The van der Waals surface area contributed by atoms with Crippen LogP contribution in [0.25, 0.3) is 0 Å². The summed E-state index contributed by atoms with van der Waals surface area (Å²) in [5.74, 6) is 0.134. The predicted molar refractivity (Wildman–Crippen MR) is 106 cm³/mol. The second-order valence-corrected chi connectivity index (χ2v) is 6.35. The van der Waals surface area contributed by atoms with Crippen molar-refractivity contribution < 1.29 is 14.3 Å². The number of hydrogen-bond acceptors (Lipinski definition) is 3. The highest BCUT2D eigenvalue weighted by Crippen LogP contribution is 2.25. The second kappa shape index (κ2) is 8.32. The topological polar surface area (TPSA) is 55.4 Å². The highest BCUT2D eigenvalue weighted by Gasteiger charge is 2.23. The summed E-state index contributed by atoms with van der Waals surface area (Å²) in [5, 5.41) is 2.89. The molecule has 0 aliphatic carbocycles. The molecule has 0 radical (unpaired) electrons. The number of hydrogen-bond donors (Lipinski definition) is 1. The first-order valence-electron chi connectivity index (χ1n) is 8.73. The lowest BCUT2D eigenvalue weighted by Gasteiger charge is -2.19. The van der Waals surface area contributed by atoms with Crippen LogP contribution >= 0.6 is 0 Å². The van der Waals surface area contributed by atoms with E-state index in [-0.39, 0.29) is 11.7 Å². The zero-order valence-electron chi connectivity index (χ0n) is 15.3. The summed E-state index contributed by atoms with van der Waals surface area (Å²) in [5.41, 5.74) is 3.09. The van der Waals surface area contributed by atoms with Crippen molar-refractivity contribution in [3.63, 3.8) is 0 Å². The van der Waals surface area contributed by atoms with E-state index in [9.17, 15) is 9.59 Å². The SMILES string of the molecule is CC(=O)c1cccc(O[C@@H](C(=O)Nc2ccc(C)cc2)c2ccccc2)c1. The average Bonchev–Trinajstić information content (AvgIpc) is 2.68. The Bertz CT molecular complexity index is 933. The molecule has 0 aromatic heterocycles. The molecule has 1 atom stereocenters. The molecule has 0 spiro atoms. The number of benzene rings is 3. The smallest absolute Gasteiger partial charge is 0.270 e. The largest absolute Gasteiger partial charge is 0.476 e. The number of Topliss-reactive ketones (excluding diaryl/α,β-unsaturated/α-hetero) is 1. The van der Waals surface area contributed by atoms with Gasteiger partial charge in [0.05, 0.1) is 0 Å². The standard InChI is InChI=1S/C23H21NO3/c1-16-11-13-20(14-12-16)24-23(26)22(18-7-4-3-5-8-18)27-21-10-6-9-19(15-21)17(2)25/h3-15,22H,1-2H3,(H,24,26)/t22-/m1/s1. The number of carbonyl (C=O) groups is 2. The van der Waals surface area contributed by atoms with Crippen molar-refractivity contribution in [2.45, 2.75) is 20.0 Å². The molecule has 0 bridgehead atoms. The summed E-state index contributed by atoms with van der Waals surface area (Å²) in [4.78, 5) is 24.5. The Hall–Kier alpha value is -3.40. The first-order chi connectivity index (χ1) is 13.0. The third-order valence-corrected chi connectivity index (χ3v) is 4.15. The third kappa shape index (κ3) is 4.82. The van der Waals surface area contributed by atoms with E-state index in [1.807, 2.05) is 61.5 Å². The zero-order valence-corrected chi connectivity index (χ0v) is 15.3. The molecular weight excluding hydrogens is 338 g/mol. The minimum atomic E-state index is -0.838. The van der Waals surface area contributed by atoms with Crippen LogP contribution in [-0.2, 0) is 4.79 Å². The van der Waals surface area contributed by atoms with E-state index in [0.29, 0.717) is 17.0 Å². The van der Waals surface area contributed by atoms with Crippen molar-refractivity contribution in [2.75, 3.05) is 5.32 Å². The van der Waals surface area contributed by atoms with E-state index in [1.165, 1.54) is 6.92 Å². The monoisotopic (exact) mass is 359 g/mol. The van der Waals surface area contributed by atoms with Crippen molar-refractivity contribution in [1.82, 2.24) is 0 Å². The van der Waals surface area contributed by atoms with Crippen LogP contribution in [0.15, 0.2) is 78.9 Å². The molecular formula is C23H21NO3. The molecule has 1 N–H and O–H groups in total. The molecule has 0 fully saturated rings. The number of anilines is 1. The maximum Gasteiger partial charge on any atom is 0.270 e. The summed E-state index contributed by atoms with van der Waals surface area (Å²) in [6, 6.07) is 23.7. The third-order valence-electron chi connectivity index (χ3n) is 4.15. The van der Waals surface area contributed by atoms with Gasteiger partial charge < -0.3 is 10.1 Å². The molecule has 3 rings (SSSR count). The Balaban J connectivity index is 1.87. The molecule has 0 saturated carbocycles. The van der Waals surface area contributed by atoms with Gasteiger partial charge >= 0.3 is 0 Å². The van der Waals surface area contributed by atoms with Crippen LogP contribution in [0.1, 0.15) is 34.5 Å². The molecule has 0 saturated heterocycles. The Morgan fingerprint density at radius 3 is 2.26 bits per heavy atom. The minimum Gasteiger partial charge on any atom is -0.476 e. The van der Waals surface area contributed by atoms with E-state index in [2.05, 4.69) is 5.32 Å². The Kier molecular flexibility index (Phi) is 5.67. The average molecular weight is 359 g/mol. The van der Waals surface area contributed by atoms with E-state index in [4.69, 9.17) is 4.74 Å². The molecule has 4 nitrogen and oxygen atoms in total. The van der Waals surface area contributed by atoms with Crippen LogP contribution in [0, 0.1) is 6.92 Å². The normalized spacial score (nSPS) is 11.5. The predicted octanol–water partition coefficient (Wildman–Crippen LogP) is 4.96. The maximum atomic E-state index is 12.9. The van der Waals surface area contributed by atoms with Crippen molar-refractivity contribution in [3.8, 4) is 5.75 Å². The number of rotatable bonds is 6. The lowest BCUT2D eigenvalue weighted by molar-refractivity contribution is -0.123. The Morgan fingerprint density at radius 2 is 1.59 bits per heavy atom. The van der Waals surface area contributed by atoms with Gasteiger partial charge in [0.1, 0.15) is 5.75 Å². The van der Waals surface area contributed by atoms with Gasteiger partial charge in [-0.05, 0) is 38.1 Å². The lowest BCUT2D eigenvalue weighted by atomic mass is 10.1. The minimum absolute atomic E-state index is 0.0548. The van der Waals surface area contributed by atoms with Crippen molar-refractivity contribution in [3.05, 3.63) is 95.6 Å². The molecule has 0 heterocycles. The summed E-state index contributed by atoms with van der Waals surface area (Å²) >= 11 is 0. The molecule has 1 amide bonds. The summed E-state index contributed by atoms with van der Waals surface area (Å²) in [7, 11) is 0. The van der Waals surface area contributed by atoms with Gasteiger partial charge in [-0.2, -0.15) is 0 Å². The van der Waals surface area contributed by atoms with Crippen molar-refractivity contribution in [2.24, 2.45) is 0 Å². The summed E-state index contributed by atoms with van der Waals surface area (Å²) in [6.45, 7) is 3.49. The second-order valence-electron chi connectivity index (χ2n) is 6.35. The van der Waals surface area contributed by atoms with Crippen LogP contribution in [0.5, 0.6) is 5.75 Å². The van der Waals surface area contributed by atoms with Crippen LogP contribution in [-0.4, -0.2) is 11.7 Å². The van der Waals surface area contributed by atoms with Crippen LogP contribution in [0.4, 0.5) is 5.69 Å². The fourth-order valence-electron chi connectivity index (χ4n) is 2.67. The molecule has 0 aliphatic heterocycles. The summed E-state index contributed by atoms with van der Waals surface area (Å²) < 4.78 is 5.98. The summed E-state index contributed by atoms with van der Waals surface area (Å²) in [6.07, 6.45) is -0.838. The van der Waals surface area contributed by atoms with Crippen LogP contribution in [0.3, 0.4) is 0 Å². The maximum absolute atomic E-state index is 12.9. The van der Waals surface area contributed by atoms with E-state index < -0.39 is 6.10 Å². The highest BCUT2D eigenvalue weighted by atomic mass is 16.5. The lowest BCUT2D eigenvalue weighted by Crippen LogP contribution is -2.25. The van der Waals surface area contributed by atoms with Gasteiger partial charge in [0.2, 0.25) is 6.10 Å². The quantitative estimate of drug-likeness (QED) is 0.633. The molecule has 3 aromatic rings. The first kappa shape index (κ1) is 18.4. The van der Waals surface area contributed by atoms with Gasteiger partial charge in [0.25, 0.3) is 5.91 Å². The van der Waals surface area contributed by atoms with Gasteiger partial charge in [0.15, 0.2) is 5.78 Å². The Labute approximate surface area is 158 Å². The number of aryl methyl sites for hydroxylation is 1. The van der Waals surface area contributed by atoms with Crippen LogP contribution in [0.2, 0.25) is 0 Å². The van der Waals surface area contributed by atoms with Crippen LogP contribution < -0.4 is 10.1 Å². The molecule has 3 aromatic carbocycles. The van der Waals surface area contributed by atoms with Gasteiger partial charge in [-0.15, -0.1) is 0 Å².